The summed E-state index contributed by atoms with van der Waals surface area (Å²) in [5.41, 5.74) is 4.19. The Morgan fingerprint density at radius 3 is 2.38 bits per heavy atom. The minimum absolute atomic E-state index is 0.0229. The Balaban J connectivity index is 1.72. The molecule has 1 heterocycles. The van der Waals surface area contributed by atoms with Gasteiger partial charge in [0.25, 0.3) is 0 Å². The highest BCUT2D eigenvalue weighted by Gasteiger charge is 2.31. The van der Waals surface area contributed by atoms with Crippen molar-refractivity contribution in [1.82, 2.24) is 4.31 Å². The molecule has 9 heteroatoms. The number of aryl methyl sites for hydroxylation is 1. The summed E-state index contributed by atoms with van der Waals surface area (Å²) in [7, 11) is -2.48. The molecule has 0 spiro atoms. The zero-order chi connectivity index (χ0) is 25.2. The second-order valence-electron chi connectivity index (χ2n) is 8.71. The van der Waals surface area contributed by atoms with Gasteiger partial charge in [-0.1, -0.05) is 0 Å². The van der Waals surface area contributed by atoms with Crippen LogP contribution in [0.5, 0.6) is 0 Å². The fourth-order valence-corrected chi connectivity index (χ4v) is 5.66. The molecule has 0 unspecified atom stereocenters. The molecule has 0 saturated heterocycles. The smallest absolute Gasteiger partial charge is 0.243 e. The summed E-state index contributed by atoms with van der Waals surface area (Å²) >= 11 is 0. The summed E-state index contributed by atoms with van der Waals surface area (Å²) < 4.78 is 27.3. The lowest BCUT2D eigenvalue weighted by molar-refractivity contribution is -0.117. The fourth-order valence-electron chi connectivity index (χ4n) is 4.48. The van der Waals surface area contributed by atoms with Crippen molar-refractivity contribution in [3.63, 3.8) is 0 Å². The van der Waals surface area contributed by atoms with Crippen molar-refractivity contribution in [2.45, 2.75) is 52.0 Å². The molecule has 0 radical (unpaired) electrons. The van der Waals surface area contributed by atoms with E-state index in [9.17, 15) is 18.0 Å². The first-order chi connectivity index (χ1) is 16.0. The lowest BCUT2D eigenvalue weighted by Crippen LogP contribution is -2.35. The number of carbonyl (C=O) groups is 2. The zero-order valence-electron chi connectivity index (χ0n) is 20.8. The molecular formula is C25H34N4O4S. The number of hydrogen-bond acceptors (Lipinski definition) is 5. The van der Waals surface area contributed by atoms with Gasteiger partial charge in [-0.05, 0) is 81.6 Å². The number of carbonyl (C=O) groups excluding carboxylic acids is 2. The molecule has 184 valence electrons. The molecule has 2 amide bonds. The van der Waals surface area contributed by atoms with Crippen LogP contribution in [0.3, 0.4) is 0 Å². The van der Waals surface area contributed by atoms with Crippen molar-refractivity contribution in [2.24, 2.45) is 0 Å². The molecule has 0 bridgehead atoms. The molecular weight excluding hydrogens is 452 g/mol. The largest absolute Gasteiger partial charge is 0.372 e. The van der Waals surface area contributed by atoms with Gasteiger partial charge in [0.05, 0.1) is 11.4 Å². The third-order valence-electron chi connectivity index (χ3n) is 6.29. The molecule has 1 atom stereocenters. The zero-order valence-corrected chi connectivity index (χ0v) is 21.6. The number of anilines is 3. The number of likely N-dealkylation sites (N-methyl/N-ethyl adjacent to an activating group) is 1. The van der Waals surface area contributed by atoms with Crippen LogP contribution in [0.4, 0.5) is 17.1 Å². The third-order valence-corrected chi connectivity index (χ3v) is 8.09. The van der Waals surface area contributed by atoms with Gasteiger partial charge < -0.3 is 15.1 Å². The van der Waals surface area contributed by atoms with E-state index in [1.54, 1.807) is 17.0 Å². The summed E-state index contributed by atoms with van der Waals surface area (Å²) in [6, 6.07) is 10.6. The molecule has 2 aromatic rings. The van der Waals surface area contributed by atoms with E-state index in [1.165, 1.54) is 20.0 Å². The minimum atomic E-state index is -3.88. The SMILES string of the molecule is CCN(CC)c1ccc(NC(=O)CN(C)S(=O)(=O)c2ccc3c(c2)C[C@H](C)N3C(C)=O)c(C)c1. The maximum atomic E-state index is 13.1. The maximum absolute atomic E-state index is 13.1. The monoisotopic (exact) mass is 486 g/mol. The molecule has 0 fully saturated rings. The minimum Gasteiger partial charge on any atom is -0.372 e. The van der Waals surface area contributed by atoms with Crippen LogP contribution >= 0.6 is 0 Å². The number of rotatable bonds is 8. The second kappa shape index (κ2) is 10.1. The van der Waals surface area contributed by atoms with E-state index >= 15 is 0 Å². The van der Waals surface area contributed by atoms with Crippen LogP contribution < -0.4 is 15.1 Å². The van der Waals surface area contributed by atoms with Crippen LogP contribution in [0, 0.1) is 6.92 Å². The van der Waals surface area contributed by atoms with E-state index in [0.29, 0.717) is 12.1 Å². The Morgan fingerprint density at radius 2 is 1.79 bits per heavy atom. The predicted octanol–water partition coefficient (Wildman–Crippen LogP) is 3.40. The highest BCUT2D eigenvalue weighted by Crippen LogP contribution is 2.34. The molecule has 1 N–H and O–H groups in total. The highest BCUT2D eigenvalue weighted by atomic mass is 32.2. The average Bonchev–Trinajstić information content (AvgIpc) is 3.11. The van der Waals surface area contributed by atoms with E-state index in [1.807, 2.05) is 32.0 Å². The lowest BCUT2D eigenvalue weighted by atomic mass is 10.1. The topological polar surface area (TPSA) is 90.0 Å². The van der Waals surface area contributed by atoms with E-state index in [-0.39, 0.29) is 23.4 Å². The third kappa shape index (κ3) is 5.10. The summed E-state index contributed by atoms with van der Waals surface area (Å²) in [6.07, 6.45) is 0.589. The summed E-state index contributed by atoms with van der Waals surface area (Å²) in [6.45, 7) is 11.0. The van der Waals surface area contributed by atoms with E-state index in [0.717, 1.165) is 39.9 Å². The van der Waals surface area contributed by atoms with Gasteiger partial charge >= 0.3 is 0 Å². The number of amides is 2. The van der Waals surface area contributed by atoms with Crippen molar-refractivity contribution >= 4 is 38.9 Å². The van der Waals surface area contributed by atoms with Crippen LogP contribution in [-0.2, 0) is 26.0 Å². The van der Waals surface area contributed by atoms with Crippen LogP contribution in [0.15, 0.2) is 41.3 Å². The quantitative estimate of drug-likeness (QED) is 0.618. The number of benzene rings is 2. The second-order valence-corrected chi connectivity index (χ2v) is 10.8. The molecule has 0 aliphatic carbocycles. The highest BCUT2D eigenvalue weighted by molar-refractivity contribution is 7.89. The molecule has 34 heavy (non-hydrogen) atoms. The molecule has 0 saturated carbocycles. The van der Waals surface area contributed by atoms with Gasteiger partial charge in [-0.2, -0.15) is 4.31 Å². The van der Waals surface area contributed by atoms with Gasteiger partial charge in [-0.25, -0.2) is 8.42 Å². The molecule has 0 aromatic heterocycles. The van der Waals surface area contributed by atoms with Gasteiger partial charge in [0.15, 0.2) is 0 Å². The Bertz CT molecular complexity index is 1190. The first-order valence-corrected chi connectivity index (χ1v) is 13.0. The van der Waals surface area contributed by atoms with Gasteiger partial charge in [0.1, 0.15) is 0 Å². The standard InChI is InChI=1S/C25H34N4O4S/c1-7-28(8-2)21-9-11-23(17(3)13-21)26-25(31)16-27(6)34(32,33)22-10-12-24-20(15-22)14-18(4)29(24)19(5)30/h9-13,15,18H,7-8,14,16H2,1-6H3,(H,26,31)/t18-/m0/s1. The fraction of sp³-hybridized carbons (Fsp3) is 0.440. The molecule has 8 nitrogen and oxygen atoms in total. The van der Waals surface area contributed by atoms with E-state index < -0.39 is 15.9 Å². The van der Waals surface area contributed by atoms with E-state index in [4.69, 9.17) is 0 Å². The number of nitrogens with one attached hydrogen (secondary N) is 1. The maximum Gasteiger partial charge on any atom is 0.243 e. The molecule has 2 aromatic carbocycles. The number of nitrogens with zero attached hydrogens (tertiary/aromatic N) is 3. The van der Waals surface area contributed by atoms with E-state index in [2.05, 4.69) is 24.1 Å². The van der Waals surface area contributed by atoms with Gasteiger partial charge in [0.2, 0.25) is 21.8 Å². The van der Waals surface area contributed by atoms with Crippen molar-refractivity contribution in [2.75, 3.05) is 41.8 Å². The molecule has 1 aliphatic rings. The molecule has 3 rings (SSSR count). The summed E-state index contributed by atoms with van der Waals surface area (Å²) in [5, 5.41) is 2.82. The van der Waals surface area contributed by atoms with Gasteiger partial charge in [-0.3, -0.25) is 9.59 Å². The van der Waals surface area contributed by atoms with Crippen molar-refractivity contribution in [3.8, 4) is 0 Å². The van der Waals surface area contributed by atoms with Crippen LogP contribution in [0.2, 0.25) is 0 Å². The van der Waals surface area contributed by atoms with Gasteiger partial charge in [-0.15, -0.1) is 0 Å². The van der Waals surface area contributed by atoms with Crippen molar-refractivity contribution < 1.29 is 18.0 Å². The number of fused-ring (bicyclic) bond motifs is 1. The van der Waals surface area contributed by atoms with Crippen molar-refractivity contribution in [1.29, 1.82) is 0 Å². The first-order valence-electron chi connectivity index (χ1n) is 11.5. The normalized spacial score (nSPS) is 15.4. The first kappa shape index (κ1) is 25.7. The Labute approximate surface area is 202 Å². The number of hydrogen-bond donors (Lipinski definition) is 1. The van der Waals surface area contributed by atoms with Crippen LogP contribution in [0.1, 0.15) is 38.8 Å². The Hall–Kier alpha value is -2.91. The molecule has 1 aliphatic heterocycles. The number of sulfonamides is 1. The van der Waals surface area contributed by atoms with Gasteiger partial charge in [0, 0.05) is 50.2 Å². The van der Waals surface area contributed by atoms with Crippen molar-refractivity contribution in [3.05, 3.63) is 47.5 Å². The Morgan fingerprint density at radius 1 is 1.12 bits per heavy atom. The van der Waals surface area contributed by atoms with Crippen LogP contribution in [-0.4, -0.2) is 57.3 Å². The van der Waals surface area contributed by atoms with Crippen LogP contribution in [0.25, 0.3) is 0 Å². The summed E-state index contributed by atoms with van der Waals surface area (Å²) in [5.74, 6) is -0.488. The summed E-state index contributed by atoms with van der Waals surface area (Å²) in [4.78, 5) is 28.6. The predicted molar refractivity (Wildman–Crippen MR) is 136 cm³/mol. The average molecular weight is 487 g/mol. The lowest BCUT2D eigenvalue weighted by Gasteiger charge is -2.22. The Kier molecular flexibility index (Phi) is 7.67.